The zero-order chi connectivity index (χ0) is 17.0. The Balaban J connectivity index is 2.47. The van der Waals surface area contributed by atoms with Crippen LogP contribution in [0.3, 0.4) is 0 Å². The number of carboxylic acid groups (broad SMARTS) is 1. The smallest absolute Gasteiger partial charge is 0.405 e. The van der Waals surface area contributed by atoms with Crippen LogP contribution in [0.2, 0.25) is 5.02 Å². The summed E-state index contributed by atoms with van der Waals surface area (Å²) < 4.78 is 0. The summed E-state index contributed by atoms with van der Waals surface area (Å²) in [5.41, 5.74) is 1.21. The predicted molar refractivity (Wildman–Crippen MR) is 88.9 cm³/mol. The maximum absolute atomic E-state index is 11.4. The summed E-state index contributed by atoms with van der Waals surface area (Å²) in [6.45, 7) is 1.72. The van der Waals surface area contributed by atoms with Crippen molar-refractivity contribution in [3.63, 3.8) is 0 Å². The Bertz CT molecular complexity index is 751. The second-order valence-electron chi connectivity index (χ2n) is 4.94. The molecule has 0 spiro atoms. The van der Waals surface area contributed by atoms with Gasteiger partial charge in [-0.15, -0.1) is 0 Å². The number of benzene rings is 1. The molecule has 122 valence electrons. The average molecular weight is 337 g/mol. The van der Waals surface area contributed by atoms with Crippen molar-refractivity contribution >= 4 is 40.3 Å². The minimum Gasteiger partial charge on any atom is -0.465 e. The lowest BCUT2D eigenvalue weighted by molar-refractivity contribution is -0.118. The van der Waals surface area contributed by atoms with Crippen LogP contribution in [0.25, 0.3) is 10.9 Å². The molecule has 0 aliphatic heterocycles. The Hall–Kier alpha value is -2.54. The van der Waals surface area contributed by atoms with E-state index in [1.807, 2.05) is 6.07 Å². The first-order valence-corrected chi connectivity index (χ1v) is 7.33. The van der Waals surface area contributed by atoms with E-state index in [4.69, 9.17) is 16.7 Å². The van der Waals surface area contributed by atoms with Gasteiger partial charge in [0.1, 0.15) is 5.82 Å². The highest BCUT2D eigenvalue weighted by molar-refractivity contribution is 6.35. The molecule has 8 heteroatoms. The molecule has 0 bridgehead atoms. The summed E-state index contributed by atoms with van der Waals surface area (Å²) in [7, 11) is 1.53. The predicted octanol–water partition coefficient (Wildman–Crippen LogP) is 2.37. The fraction of sp³-hybridized carbons (Fsp3) is 0.267. The van der Waals surface area contributed by atoms with Gasteiger partial charge in [-0.3, -0.25) is 4.79 Å². The van der Waals surface area contributed by atoms with E-state index in [2.05, 4.69) is 20.9 Å². The van der Waals surface area contributed by atoms with Crippen LogP contribution >= 0.6 is 11.6 Å². The quantitative estimate of drug-likeness (QED) is 0.671. The molecule has 23 heavy (non-hydrogen) atoms. The molecule has 0 saturated heterocycles. The normalized spacial score (nSPS) is 11.8. The van der Waals surface area contributed by atoms with E-state index in [1.165, 1.54) is 7.05 Å². The molecular weight excluding hydrogens is 320 g/mol. The van der Waals surface area contributed by atoms with E-state index in [1.54, 1.807) is 25.1 Å². The lowest BCUT2D eigenvalue weighted by Gasteiger charge is -2.18. The van der Waals surface area contributed by atoms with Crippen LogP contribution in [0.5, 0.6) is 0 Å². The van der Waals surface area contributed by atoms with E-state index >= 15 is 0 Å². The first kappa shape index (κ1) is 16.8. The number of amides is 2. The van der Waals surface area contributed by atoms with Gasteiger partial charge in [0.25, 0.3) is 0 Å². The first-order chi connectivity index (χ1) is 10.9. The number of carbonyl (C=O) groups is 2. The van der Waals surface area contributed by atoms with E-state index in [-0.39, 0.29) is 12.5 Å². The maximum atomic E-state index is 11.4. The minimum absolute atomic E-state index is 0.0201. The van der Waals surface area contributed by atoms with Gasteiger partial charge in [-0.05, 0) is 19.1 Å². The fourth-order valence-electron chi connectivity index (χ4n) is 2.17. The number of hydrogen-bond donors (Lipinski definition) is 4. The van der Waals surface area contributed by atoms with Crippen molar-refractivity contribution in [2.75, 3.05) is 18.9 Å². The Labute approximate surface area is 138 Å². The molecule has 0 saturated carbocycles. The number of hydrogen-bond acceptors (Lipinski definition) is 4. The van der Waals surface area contributed by atoms with E-state index < -0.39 is 12.1 Å². The zero-order valence-corrected chi connectivity index (χ0v) is 13.4. The van der Waals surface area contributed by atoms with Gasteiger partial charge >= 0.3 is 6.09 Å². The average Bonchev–Trinajstić information content (AvgIpc) is 2.51. The number of nitrogens with one attached hydrogen (secondary N) is 3. The molecule has 1 aromatic heterocycles. The van der Waals surface area contributed by atoms with Crippen LogP contribution in [-0.4, -0.2) is 35.7 Å². The van der Waals surface area contributed by atoms with Crippen molar-refractivity contribution in [2.24, 2.45) is 0 Å². The van der Waals surface area contributed by atoms with Gasteiger partial charge < -0.3 is 21.1 Å². The summed E-state index contributed by atoms with van der Waals surface area (Å²) in [6, 6.07) is 6.66. The topological polar surface area (TPSA) is 103 Å². The van der Waals surface area contributed by atoms with Crippen molar-refractivity contribution in [1.82, 2.24) is 15.6 Å². The minimum atomic E-state index is -1.14. The van der Waals surface area contributed by atoms with E-state index in [0.717, 1.165) is 5.39 Å². The van der Waals surface area contributed by atoms with Gasteiger partial charge in [-0.25, -0.2) is 9.78 Å². The monoisotopic (exact) mass is 336 g/mol. The lowest BCUT2D eigenvalue weighted by Crippen LogP contribution is -2.28. The standard InChI is InChI=1S/C15H17ClN4O3/c1-8(19-15(22)23)10-6-9-4-3-5-11(16)13(9)20-14(10)18-7-12(21)17-2/h3-6,8,19H,7H2,1-2H3,(H,17,21)(H,18,20)(H,22,23). The molecule has 1 heterocycles. The second kappa shape index (κ2) is 7.15. The van der Waals surface area contributed by atoms with Crippen molar-refractivity contribution in [3.05, 3.63) is 34.9 Å². The largest absolute Gasteiger partial charge is 0.465 e. The summed E-state index contributed by atoms with van der Waals surface area (Å²) in [5.74, 6) is 0.200. The molecule has 1 unspecified atom stereocenters. The molecule has 0 aliphatic rings. The van der Waals surface area contributed by atoms with Crippen LogP contribution < -0.4 is 16.0 Å². The van der Waals surface area contributed by atoms with Crippen molar-refractivity contribution in [3.8, 4) is 0 Å². The van der Waals surface area contributed by atoms with Crippen LogP contribution in [-0.2, 0) is 4.79 Å². The maximum Gasteiger partial charge on any atom is 0.405 e. The molecule has 2 aromatic rings. The highest BCUT2D eigenvalue weighted by Gasteiger charge is 2.16. The molecule has 1 atom stereocenters. The zero-order valence-electron chi connectivity index (χ0n) is 12.7. The third-order valence-corrected chi connectivity index (χ3v) is 3.63. The number of anilines is 1. The second-order valence-corrected chi connectivity index (χ2v) is 5.34. The summed E-state index contributed by atoms with van der Waals surface area (Å²) in [5, 5.41) is 18.0. The number of likely N-dealkylation sites (N-methyl/N-ethyl adjacent to an activating group) is 1. The van der Waals surface area contributed by atoms with Gasteiger partial charge in [0, 0.05) is 18.0 Å². The van der Waals surface area contributed by atoms with Gasteiger partial charge in [-0.1, -0.05) is 23.7 Å². The molecule has 4 N–H and O–H groups in total. The summed E-state index contributed by atoms with van der Waals surface area (Å²) >= 11 is 6.16. The first-order valence-electron chi connectivity index (χ1n) is 6.95. The SMILES string of the molecule is CNC(=O)CNc1nc2c(Cl)cccc2cc1C(C)NC(=O)O. The molecule has 0 fully saturated rings. The van der Waals surface area contributed by atoms with E-state index in [9.17, 15) is 9.59 Å². The van der Waals surface area contributed by atoms with Crippen LogP contribution in [0.1, 0.15) is 18.5 Å². The molecule has 0 radical (unpaired) electrons. The third kappa shape index (κ3) is 4.01. The van der Waals surface area contributed by atoms with Gasteiger partial charge in [-0.2, -0.15) is 0 Å². The molecule has 2 amide bonds. The highest BCUT2D eigenvalue weighted by atomic mass is 35.5. The van der Waals surface area contributed by atoms with Gasteiger partial charge in [0.2, 0.25) is 5.91 Å². The number of aromatic nitrogens is 1. The van der Waals surface area contributed by atoms with Crippen molar-refractivity contribution in [1.29, 1.82) is 0 Å². The fourth-order valence-corrected chi connectivity index (χ4v) is 2.39. The number of carbonyl (C=O) groups excluding carboxylic acids is 1. The van der Waals surface area contributed by atoms with Crippen molar-refractivity contribution in [2.45, 2.75) is 13.0 Å². The number of fused-ring (bicyclic) bond motifs is 1. The van der Waals surface area contributed by atoms with Gasteiger partial charge in [0.15, 0.2) is 0 Å². The Morgan fingerprint density at radius 1 is 1.39 bits per heavy atom. The summed E-state index contributed by atoms with van der Waals surface area (Å²) in [6.07, 6.45) is -1.14. The van der Waals surface area contributed by atoms with Crippen LogP contribution in [0.15, 0.2) is 24.3 Å². The molecule has 0 aliphatic carbocycles. The highest BCUT2D eigenvalue weighted by Crippen LogP contribution is 2.29. The van der Waals surface area contributed by atoms with Crippen LogP contribution in [0.4, 0.5) is 10.6 Å². The molecular formula is C15H17ClN4O3. The Morgan fingerprint density at radius 3 is 2.78 bits per heavy atom. The van der Waals surface area contributed by atoms with Gasteiger partial charge in [0.05, 0.1) is 23.1 Å². The number of pyridine rings is 1. The van der Waals surface area contributed by atoms with Crippen molar-refractivity contribution < 1.29 is 14.7 Å². The third-order valence-electron chi connectivity index (χ3n) is 3.33. The number of halogens is 1. The molecule has 2 rings (SSSR count). The summed E-state index contributed by atoms with van der Waals surface area (Å²) in [4.78, 5) is 26.8. The number of para-hydroxylation sites is 1. The number of rotatable bonds is 5. The number of nitrogens with zero attached hydrogens (tertiary/aromatic N) is 1. The van der Waals surface area contributed by atoms with Crippen LogP contribution in [0, 0.1) is 0 Å². The molecule has 7 nitrogen and oxygen atoms in total. The van der Waals surface area contributed by atoms with E-state index in [0.29, 0.717) is 21.9 Å². The lowest BCUT2D eigenvalue weighted by atomic mass is 10.1. The molecule has 1 aromatic carbocycles. The Morgan fingerprint density at radius 2 is 2.13 bits per heavy atom. The Kier molecular flexibility index (Phi) is 5.23.